The number of benzene rings is 3. The first-order valence-corrected chi connectivity index (χ1v) is 13.8. The Hall–Kier alpha value is -4.16. The van der Waals surface area contributed by atoms with Gasteiger partial charge in [0.2, 0.25) is 0 Å². The van der Waals surface area contributed by atoms with Crippen LogP contribution >= 0.6 is 0 Å². The number of rotatable bonds is 3. The lowest BCUT2D eigenvalue weighted by atomic mass is 10.2. The molecule has 0 bridgehead atoms. The molecule has 2 aliphatic heterocycles. The molecule has 0 aliphatic carbocycles. The van der Waals surface area contributed by atoms with Gasteiger partial charge in [0.15, 0.2) is 0 Å². The van der Waals surface area contributed by atoms with Crippen molar-refractivity contribution < 1.29 is 9.18 Å². The number of nitrogens with zero attached hydrogens (tertiary/aromatic N) is 4. The second-order valence-electron chi connectivity index (χ2n) is 9.79. The Morgan fingerprint density at radius 1 is 0.564 bits per heavy atom. The van der Waals surface area contributed by atoms with Crippen molar-refractivity contribution in [3.05, 3.63) is 95.3 Å². The van der Waals surface area contributed by atoms with E-state index in [1.165, 1.54) is 87.0 Å². The highest BCUT2D eigenvalue weighted by Crippen LogP contribution is 2.20. The number of hydrogen-bond acceptors (Lipinski definition) is 5. The number of hydrogen-bond donors (Lipinski definition) is 0. The number of carbonyl (C=O) groups excluding carboxylic acids is 1. The Kier molecular flexibility index (Phi) is 12.5. The maximum Gasteiger partial charge on any atom is 0.150 e. The first-order valence-electron chi connectivity index (χ1n) is 13.8. The van der Waals surface area contributed by atoms with Crippen LogP contribution in [0.5, 0.6) is 0 Å². The van der Waals surface area contributed by atoms with Crippen LogP contribution in [0.4, 0.5) is 15.8 Å². The zero-order valence-electron chi connectivity index (χ0n) is 22.6. The summed E-state index contributed by atoms with van der Waals surface area (Å²) in [6.07, 6.45) is 11.5. The first-order chi connectivity index (χ1) is 19.1. The zero-order chi connectivity index (χ0) is 27.7. The molecular weight excluding hydrogens is 487 g/mol. The van der Waals surface area contributed by atoms with Crippen LogP contribution in [-0.2, 0) is 0 Å². The summed E-state index contributed by atoms with van der Waals surface area (Å²) in [6.45, 7) is 4.62. The van der Waals surface area contributed by atoms with Gasteiger partial charge >= 0.3 is 0 Å². The summed E-state index contributed by atoms with van der Waals surface area (Å²) in [5.74, 6) is -0.311. The highest BCUT2D eigenvalue weighted by molar-refractivity contribution is 5.75. The van der Waals surface area contributed by atoms with Crippen LogP contribution in [-0.4, -0.2) is 32.5 Å². The van der Waals surface area contributed by atoms with E-state index in [1.807, 2.05) is 30.3 Å². The van der Waals surface area contributed by atoms with E-state index in [4.69, 9.17) is 10.5 Å². The molecule has 0 spiro atoms. The predicted molar refractivity (Wildman–Crippen MR) is 155 cm³/mol. The standard InChI is InChI=1S/C13H16N2.C13H17NO.C7H4FN/c14-11-12-5-7-13(8-6-12)15-9-3-1-2-4-10-15;15-11-12-5-7-13(8-6-12)14-9-3-1-2-4-10-14;8-7-3-1-6(5-9)2-4-7/h5-8H,1-4,9-10H2;5-8,11H,1-4,9-10H2;1-4H. The van der Waals surface area contributed by atoms with Gasteiger partial charge in [-0.25, -0.2) is 4.39 Å². The number of nitriles is 2. The second kappa shape index (κ2) is 16.6. The van der Waals surface area contributed by atoms with E-state index in [-0.39, 0.29) is 5.82 Å². The third kappa shape index (κ3) is 10.3. The van der Waals surface area contributed by atoms with Crippen molar-refractivity contribution in [1.82, 2.24) is 0 Å². The molecule has 5 nitrogen and oxygen atoms in total. The lowest BCUT2D eigenvalue weighted by Crippen LogP contribution is -2.23. The molecule has 39 heavy (non-hydrogen) atoms. The van der Waals surface area contributed by atoms with Crippen molar-refractivity contribution in [3.63, 3.8) is 0 Å². The number of halogens is 1. The molecule has 3 aromatic rings. The van der Waals surface area contributed by atoms with E-state index in [0.717, 1.165) is 43.6 Å². The summed E-state index contributed by atoms with van der Waals surface area (Å²) in [5, 5.41) is 17.0. The maximum atomic E-state index is 12.1. The average molecular weight is 525 g/mol. The van der Waals surface area contributed by atoms with Gasteiger partial charge in [0, 0.05) is 43.1 Å². The molecule has 2 heterocycles. The normalized spacial score (nSPS) is 15.1. The van der Waals surface area contributed by atoms with Gasteiger partial charge in [-0.05, 0) is 98.5 Å². The van der Waals surface area contributed by atoms with E-state index >= 15 is 0 Å². The van der Waals surface area contributed by atoms with Crippen LogP contribution in [0.15, 0.2) is 72.8 Å². The summed E-state index contributed by atoms with van der Waals surface area (Å²) in [7, 11) is 0. The summed E-state index contributed by atoms with van der Waals surface area (Å²) in [6, 6.07) is 25.3. The predicted octanol–water partition coefficient (Wildman–Crippen LogP) is 7.52. The molecule has 0 amide bonds. The fourth-order valence-electron chi connectivity index (χ4n) is 4.69. The molecule has 6 heteroatoms. The smallest absolute Gasteiger partial charge is 0.150 e. The molecule has 202 valence electrons. The Morgan fingerprint density at radius 2 is 0.923 bits per heavy atom. The first kappa shape index (κ1) is 29.4. The molecule has 2 saturated heterocycles. The van der Waals surface area contributed by atoms with E-state index in [9.17, 15) is 9.18 Å². The fourth-order valence-corrected chi connectivity index (χ4v) is 4.69. The van der Waals surface area contributed by atoms with Crippen molar-refractivity contribution in [3.8, 4) is 12.1 Å². The van der Waals surface area contributed by atoms with Gasteiger partial charge in [-0.1, -0.05) is 25.7 Å². The highest BCUT2D eigenvalue weighted by atomic mass is 19.1. The lowest BCUT2D eigenvalue weighted by molar-refractivity contribution is 0.112. The molecule has 5 rings (SSSR count). The monoisotopic (exact) mass is 524 g/mol. The quantitative estimate of drug-likeness (QED) is 0.332. The highest BCUT2D eigenvalue weighted by Gasteiger charge is 2.10. The Labute approximate surface area is 232 Å². The van der Waals surface area contributed by atoms with Gasteiger partial charge in [0.05, 0.1) is 23.3 Å². The minimum Gasteiger partial charge on any atom is -0.372 e. The largest absolute Gasteiger partial charge is 0.372 e. The van der Waals surface area contributed by atoms with Gasteiger partial charge in [0.25, 0.3) is 0 Å². The molecule has 0 unspecified atom stereocenters. The van der Waals surface area contributed by atoms with Crippen molar-refractivity contribution in [2.45, 2.75) is 51.4 Å². The SMILES string of the molecule is N#Cc1ccc(F)cc1.N#Cc1ccc(N2CCCCCC2)cc1.O=Cc1ccc(N2CCCCCC2)cc1. The molecule has 0 aromatic heterocycles. The van der Waals surface area contributed by atoms with E-state index in [0.29, 0.717) is 5.56 Å². The molecule has 3 aromatic carbocycles. The van der Waals surface area contributed by atoms with Crippen LogP contribution in [0.25, 0.3) is 0 Å². The summed E-state index contributed by atoms with van der Waals surface area (Å²) in [5.41, 5.74) is 4.50. The minimum atomic E-state index is -0.311. The third-order valence-corrected chi connectivity index (χ3v) is 6.94. The zero-order valence-corrected chi connectivity index (χ0v) is 22.6. The fraction of sp³-hybridized carbons (Fsp3) is 0.364. The van der Waals surface area contributed by atoms with Gasteiger partial charge in [-0.3, -0.25) is 4.79 Å². The molecule has 0 saturated carbocycles. The lowest BCUT2D eigenvalue weighted by Gasteiger charge is -2.22. The van der Waals surface area contributed by atoms with Crippen LogP contribution in [0.1, 0.15) is 72.9 Å². The number of carbonyl (C=O) groups is 1. The maximum absolute atomic E-state index is 12.1. The van der Waals surface area contributed by atoms with Gasteiger partial charge in [-0.15, -0.1) is 0 Å². The van der Waals surface area contributed by atoms with Crippen LogP contribution in [0, 0.1) is 28.5 Å². The topological polar surface area (TPSA) is 71.1 Å². The summed E-state index contributed by atoms with van der Waals surface area (Å²) in [4.78, 5) is 15.4. The van der Waals surface area contributed by atoms with Crippen molar-refractivity contribution in [2.75, 3.05) is 36.0 Å². The van der Waals surface area contributed by atoms with Gasteiger partial charge in [0.1, 0.15) is 12.1 Å². The molecule has 2 fully saturated rings. The molecule has 0 N–H and O–H groups in total. The molecule has 2 aliphatic rings. The van der Waals surface area contributed by atoms with Crippen LogP contribution in [0.3, 0.4) is 0 Å². The Bertz CT molecular complexity index is 1200. The van der Waals surface area contributed by atoms with Crippen molar-refractivity contribution >= 4 is 17.7 Å². The van der Waals surface area contributed by atoms with Gasteiger partial charge in [-0.2, -0.15) is 10.5 Å². The van der Waals surface area contributed by atoms with Crippen LogP contribution < -0.4 is 9.80 Å². The van der Waals surface area contributed by atoms with E-state index in [2.05, 4.69) is 40.1 Å². The third-order valence-electron chi connectivity index (χ3n) is 6.94. The minimum absolute atomic E-state index is 0.311. The Balaban J connectivity index is 0.000000167. The van der Waals surface area contributed by atoms with Crippen LogP contribution in [0.2, 0.25) is 0 Å². The van der Waals surface area contributed by atoms with Gasteiger partial charge < -0.3 is 9.80 Å². The number of anilines is 2. The molecule has 0 atom stereocenters. The summed E-state index contributed by atoms with van der Waals surface area (Å²) < 4.78 is 12.1. The number of aldehydes is 1. The summed E-state index contributed by atoms with van der Waals surface area (Å²) >= 11 is 0. The van der Waals surface area contributed by atoms with E-state index < -0.39 is 0 Å². The molecule has 0 radical (unpaired) electrons. The second-order valence-corrected chi connectivity index (χ2v) is 9.79. The average Bonchev–Trinajstić information content (AvgIpc) is 3.45. The van der Waals surface area contributed by atoms with E-state index in [1.54, 1.807) is 0 Å². The van der Waals surface area contributed by atoms with Crippen molar-refractivity contribution in [2.24, 2.45) is 0 Å². The van der Waals surface area contributed by atoms with Crippen molar-refractivity contribution in [1.29, 1.82) is 10.5 Å². The molecular formula is C33H37FN4O. The Morgan fingerprint density at radius 3 is 1.28 bits per heavy atom.